The molecular formula is C27H40O3. The van der Waals surface area contributed by atoms with Gasteiger partial charge in [-0.05, 0) is 86.7 Å². The van der Waals surface area contributed by atoms with Crippen molar-refractivity contribution in [3.8, 4) is 11.8 Å². The monoisotopic (exact) mass is 412 g/mol. The third-order valence-electron chi connectivity index (χ3n) is 7.81. The maximum absolute atomic E-state index is 10.1. The summed E-state index contributed by atoms with van der Waals surface area (Å²) >= 11 is 0. The van der Waals surface area contributed by atoms with Crippen LogP contribution in [0, 0.1) is 35.0 Å². The van der Waals surface area contributed by atoms with Crippen LogP contribution in [0.3, 0.4) is 0 Å². The third kappa shape index (κ3) is 5.10. The van der Waals surface area contributed by atoms with E-state index in [1.807, 2.05) is 0 Å². The van der Waals surface area contributed by atoms with Crippen LogP contribution in [0.15, 0.2) is 35.5 Å². The Kier molecular flexibility index (Phi) is 7.02. The van der Waals surface area contributed by atoms with Gasteiger partial charge in [0.05, 0.1) is 12.2 Å². The second-order valence-corrected chi connectivity index (χ2v) is 10.7. The summed E-state index contributed by atoms with van der Waals surface area (Å²) in [7, 11) is 0. The van der Waals surface area contributed by atoms with E-state index in [0.717, 1.165) is 24.0 Å². The van der Waals surface area contributed by atoms with Gasteiger partial charge in [0.2, 0.25) is 0 Å². The van der Waals surface area contributed by atoms with Crippen LogP contribution < -0.4 is 0 Å². The van der Waals surface area contributed by atoms with Gasteiger partial charge in [-0.1, -0.05) is 44.1 Å². The van der Waals surface area contributed by atoms with Crippen LogP contribution in [-0.4, -0.2) is 33.1 Å². The SMILES string of the molecule is C=C1/C(=C\C=C2/CCC[C@@]3(C)C2CC[C@@H]3[C@H](C)CC#CC(C)(C)O)C[C@@H](O)C[C@@H]1O. The lowest BCUT2D eigenvalue weighted by Crippen LogP contribution is -2.36. The summed E-state index contributed by atoms with van der Waals surface area (Å²) < 4.78 is 0. The van der Waals surface area contributed by atoms with Crippen molar-refractivity contribution in [2.24, 2.45) is 23.2 Å². The van der Waals surface area contributed by atoms with Crippen LogP contribution in [0.5, 0.6) is 0 Å². The highest BCUT2D eigenvalue weighted by Crippen LogP contribution is 2.59. The first-order valence-corrected chi connectivity index (χ1v) is 11.7. The molecule has 3 fully saturated rings. The molecular weight excluding hydrogens is 372 g/mol. The first-order chi connectivity index (χ1) is 14.0. The van der Waals surface area contributed by atoms with Crippen LogP contribution in [-0.2, 0) is 0 Å². The molecule has 0 heterocycles. The molecule has 0 radical (unpaired) electrons. The summed E-state index contributed by atoms with van der Waals surface area (Å²) in [4.78, 5) is 0. The lowest BCUT2D eigenvalue weighted by molar-refractivity contribution is 0.0861. The van der Waals surface area contributed by atoms with Crippen LogP contribution in [0.25, 0.3) is 0 Å². The van der Waals surface area contributed by atoms with E-state index in [2.05, 4.69) is 44.4 Å². The number of hydrogen-bond donors (Lipinski definition) is 3. The van der Waals surface area contributed by atoms with E-state index in [-0.39, 0.29) is 0 Å². The van der Waals surface area contributed by atoms with Crippen molar-refractivity contribution >= 4 is 0 Å². The minimum atomic E-state index is -0.916. The molecule has 3 rings (SSSR count). The van der Waals surface area contributed by atoms with Crippen molar-refractivity contribution in [1.29, 1.82) is 0 Å². The van der Waals surface area contributed by atoms with Gasteiger partial charge in [-0.25, -0.2) is 0 Å². The van der Waals surface area contributed by atoms with Crippen molar-refractivity contribution in [1.82, 2.24) is 0 Å². The first kappa shape index (κ1) is 23.3. The molecule has 6 atom stereocenters. The van der Waals surface area contributed by atoms with Gasteiger partial charge in [-0.15, -0.1) is 5.92 Å². The zero-order chi connectivity index (χ0) is 22.1. The van der Waals surface area contributed by atoms with Crippen molar-refractivity contribution in [2.75, 3.05) is 0 Å². The number of aliphatic hydroxyl groups excluding tert-OH is 2. The van der Waals surface area contributed by atoms with E-state index in [9.17, 15) is 15.3 Å². The zero-order valence-electron chi connectivity index (χ0n) is 19.2. The van der Waals surface area contributed by atoms with E-state index in [1.165, 1.54) is 31.3 Å². The summed E-state index contributed by atoms with van der Waals surface area (Å²) in [6, 6.07) is 0. The molecule has 3 saturated carbocycles. The second kappa shape index (κ2) is 9.03. The molecule has 0 amide bonds. The molecule has 3 aliphatic rings. The fraction of sp³-hybridized carbons (Fsp3) is 0.704. The molecule has 30 heavy (non-hydrogen) atoms. The molecule has 3 aliphatic carbocycles. The topological polar surface area (TPSA) is 60.7 Å². The number of rotatable bonds is 3. The van der Waals surface area contributed by atoms with E-state index in [0.29, 0.717) is 36.0 Å². The molecule has 1 unspecified atom stereocenters. The maximum Gasteiger partial charge on any atom is 0.119 e. The third-order valence-corrected chi connectivity index (χ3v) is 7.81. The Bertz CT molecular complexity index is 772. The van der Waals surface area contributed by atoms with Crippen LogP contribution in [0.2, 0.25) is 0 Å². The highest BCUT2D eigenvalue weighted by atomic mass is 16.3. The van der Waals surface area contributed by atoms with E-state index >= 15 is 0 Å². The average Bonchev–Trinajstić information content (AvgIpc) is 3.00. The van der Waals surface area contributed by atoms with E-state index in [4.69, 9.17) is 0 Å². The Labute approximate surface area is 183 Å². The molecule has 0 aromatic heterocycles. The normalized spacial score (nSPS) is 38.3. The number of hydrogen-bond acceptors (Lipinski definition) is 3. The Balaban J connectivity index is 1.75. The van der Waals surface area contributed by atoms with Crippen molar-refractivity contribution in [2.45, 2.75) is 96.9 Å². The van der Waals surface area contributed by atoms with Crippen LogP contribution in [0.4, 0.5) is 0 Å². The van der Waals surface area contributed by atoms with Gasteiger partial charge in [0.15, 0.2) is 0 Å². The smallest absolute Gasteiger partial charge is 0.119 e. The quantitative estimate of drug-likeness (QED) is 0.576. The molecule has 0 spiro atoms. The number of allylic oxidation sites excluding steroid dienone is 3. The summed E-state index contributed by atoms with van der Waals surface area (Å²) in [5.41, 5.74) is 2.67. The molecule has 0 saturated heterocycles. The predicted octanol–water partition coefficient (Wildman–Crippen LogP) is 4.93. The molecule has 0 aliphatic heterocycles. The van der Waals surface area contributed by atoms with E-state index < -0.39 is 17.8 Å². The molecule has 3 heteroatoms. The van der Waals surface area contributed by atoms with Crippen LogP contribution >= 0.6 is 0 Å². The Morgan fingerprint density at radius 3 is 2.70 bits per heavy atom. The number of aliphatic hydroxyl groups is 3. The second-order valence-electron chi connectivity index (χ2n) is 10.7. The summed E-state index contributed by atoms with van der Waals surface area (Å²) in [6.07, 6.45) is 11.2. The minimum absolute atomic E-state index is 0.307. The first-order valence-electron chi connectivity index (χ1n) is 11.7. The average molecular weight is 413 g/mol. The van der Waals surface area contributed by atoms with Gasteiger partial charge in [-0.3, -0.25) is 0 Å². The highest BCUT2D eigenvalue weighted by molar-refractivity contribution is 5.38. The predicted molar refractivity (Wildman–Crippen MR) is 123 cm³/mol. The van der Waals surface area contributed by atoms with Gasteiger partial charge in [0.25, 0.3) is 0 Å². The Hall–Kier alpha value is -1.34. The zero-order valence-corrected chi connectivity index (χ0v) is 19.2. The largest absolute Gasteiger partial charge is 0.393 e. The molecule has 0 bridgehead atoms. The fourth-order valence-electron chi connectivity index (χ4n) is 6.25. The van der Waals surface area contributed by atoms with Gasteiger partial charge in [-0.2, -0.15) is 0 Å². The van der Waals surface area contributed by atoms with Gasteiger partial charge in [0, 0.05) is 12.8 Å². The Morgan fingerprint density at radius 1 is 1.27 bits per heavy atom. The molecule has 166 valence electrons. The minimum Gasteiger partial charge on any atom is -0.393 e. The van der Waals surface area contributed by atoms with Gasteiger partial charge in [0.1, 0.15) is 5.60 Å². The van der Waals surface area contributed by atoms with Crippen molar-refractivity contribution < 1.29 is 15.3 Å². The van der Waals surface area contributed by atoms with Crippen molar-refractivity contribution in [3.05, 3.63) is 35.5 Å². The molecule has 0 aromatic carbocycles. The summed E-state index contributed by atoms with van der Waals surface area (Å²) in [5.74, 6) is 7.98. The highest BCUT2D eigenvalue weighted by Gasteiger charge is 2.50. The summed E-state index contributed by atoms with van der Waals surface area (Å²) in [6.45, 7) is 12.3. The standard InChI is InChI=1S/C27H40O3/c1-18(8-6-14-26(3,4)30)23-12-13-24-20(9-7-15-27(23,24)5)10-11-21-16-22(28)17-25(29)19(21)2/h10-11,18,22-25,28-30H,2,7-9,12-13,15-17H2,1,3-5H3/b20-10+,21-11-/t18-,22-,23-,24?,25+,27-/m1/s1. The lowest BCUT2D eigenvalue weighted by Gasteiger charge is -2.44. The van der Waals surface area contributed by atoms with Gasteiger partial charge < -0.3 is 15.3 Å². The fourth-order valence-corrected chi connectivity index (χ4v) is 6.25. The van der Waals surface area contributed by atoms with Gasteiger partial charge >= 0.3 is 0 Å². The lowest BCUT2D eigenvalue weighted by atomic mass is 9.61. The van der Waals surface area contributed by atoms with Crippen molar-refractivity contribution in [3.63, 3.8) is 0 Å². The number of fused-ring (bicyclic) bond motifs is 1. The van der Waals surface area contributed by atoms with E-state index in [1.54, 1.807) is 13.8 Å². The Morgan fingerprint density at radius 2 is 2.00 bits per heavy atom. The molecule has 3 N–H and O–H groups in total. The molecule has 0 aromatic rings. The van der Waals surface area contributed by atoms with Crippen LogP contribution in [0.1, 0.15) is 79.1 Å². The molecule has 3 nitrogen and oxygen atoms in total. The summed E-state index contributed by atoms with van der Waals surface area (Å²) in [5, 5.41) is 30.0. The maximum atomic E-state index is 10.1.